The topological polar surface area (TPSA) is 34.5 Å². The van der Waals surface area contributed by atoms with Crippen molar-refractivity contribution in [2.24, 2.45) is 0 Å². The van der Waals surface area contributed by atoms with Gasteiger partial charge in [-0.25, -0.2) is 9.51 Å². The van der Waals surface area contributed by atoms with Gasteiger partial charge in [0.1, 0.15) is 0 Å². The van der Waals surface area contributed by atoms with Crippen molar-refractivity contribution in [1.82, 2.24) is 4.68 Å². The first-order valence-corrected chi connectivity index (χ1v) is 4.94. The van der Waals surface area contributed by atoms with Gasteiger partial charge in [0.2, 0.25) is 0 Å². The third kappa shape index (κ3) is 2.83. The molecule has 0 fully saturated rings. The van der Waals surface area contributed by atoms with Crippen LogP contribution in [0.2, 0.25) is 0 Å². The van der Waals surface area contributed by atoms with Crippen molar-refractivity contribution in [2.75, 3.05) is 5.17 Å². The van der Waals surface area contributed by atoms with E-state index in [2.05, 4.69) is 0 Å². The third-order valence-electron chi connectivity index (χ3n) is 1.89. The summed E-state index contributed by atoms with van der Waals surface area (Å²) in [7, 11) is 0. The molecule has 0 spiro atoms. The number of hydroxylamine groups is 1. The van der Waals surface area contributed by atoms with Crippen LogP contribution in [0.5, 0.6) is 0 Å². The molecule has 84 valence electrons. The first kappa shape index (κ1) is 11.8. The Balaban J connectivity index is 2.98. The predicted octanol–water partition coefficient (Wildman–Crippen LogP) is 1.93. The second-order valence-corrected chi connectivity index (χ2v) is 4.54. The van der Waals surface area contributed by atoms with Crippen LogP contribution < -0.4 is 5.17 Å². The molecule has 15 heavy (non-hydrogen) atoms. The fourth-order valence-corrected chi connectivity index (χ4v) is 1.36. The molecule has 0 N–H and O–H groups in total. The van der Waals surface area contributed by atoms with Gasteiger partial charge in [0, 0.05) is 11.4 Å². The van der Waals surface area contributed by atoms with Crippen LogP contribution in [-0.2, 0) is 9.63 Å². The minimum absolute atomic E-state index is 0.399. The summed E-state index contributed by atoms with van der Waals surface area (Å²) in [5.41, 5.74) is 1.53. The Morgan fingerprint density at radius 2 is 1.73 bits per heavy atom. The van der Waals surface area contributed by atoms with E-state index in [-0.39, 0.29) is 0 Å². The molecule has 1 rings (SSSR count). The van der Waals surface area contributed by atoms with Crippen molar-refractivity contribution < 1.29 is 9.63 Å². The lowest BCUT2D eigenvalue weighted by molar-refractivity contribution is -0.127. The second-order valence-electron chi connectivity index (χ2n) is 4.54. The highest BCUT2D eigenvalue weighted by molar-refractivity contribution is 5.58. The highest BCUT2D eigenvalue weighted by Crippen LogP contribution is 2.13. The number of aromatic nitrogens is 1. The standard InChI is InChI=1S/C11H18N2O2/c1-9-6-7-10(2)13(9)12(8-14)15-11(3,4)5/h6-8H,1-5H3. The van der Waals surface area contributed by atoms with E-state index in [9.17, 15) is 4.79 Å². The number of rotatable bonds is 3. The van der Waals surface area contributed by atoms with Gasteiger partial charge in [-0.3, -0.25) is 4.79 Å². The summed E-state index contributed by atoms with van der Waals surface area (Å²) in [6.45, 7) is 9.55. The average Bonchev–Trinajstić information content (AvgIpc) is 2.41. The molecular weight excluding hydrogens is 192 g/mol. The van der Waals surface area contributed by atoms with E-state index in [1.54, 1.807) is 4.68 Å². The zero-order valence-corrected chi connectivity index (χ0v) is 9.94. The third-order valence-corrected chi connectivity index (χ3v) is 1.89. The molecule has 1 heterocycles. The Morgan fingerprint density at radius 1 is 1.27 bits per heavy atom. The van der Waals surface area contributed by atoms with Crippen molar-refractivity contribution in [3.05, 3.63) is 23.5 Å². The Labute approximate surface area is 90.4 Å². The number of amides is 1. The minimum Gasteiger partial charge on any atom is -0.274 e. The zero-order valence-electron chi connectivity index (χ0n) is 9.94. The maximum atomic E-state index is 11.0. The summed E-state index contributed by atoms with van der Waals surface area (Å²) in [6.07, 6.45) is 0.672. The molecule has 0 aromatic carbocycles. The Bertz CT molecular complexity index is 330. The summed E-state index contributed by atoms with van der Waals surface area (Å²) in [6, 6.07) is 3.88. The van der Waals surface area contributed by atoms with E-state index in [0.717, 1.165) is 11.4 Å². The summed E-state index contributed by atoms with van der Waals surface area (Å²) >= 11 is 0. The molecule has 0 bridgehead atoms. The van der Waals surface area contributed by atoms with Gasteiger partial charge in [0.05, 0.1) is 5.60 Å². The maximum Gasteiger partial charge on any atom is 0.255 e. The van der Waals surface area contributed by atoms with Gasteiger partial charge in [-0.1, -0.05) is 0 Å². The minimum atomic E-state index is -0.399. The van der Waals surface area contributed by atoms with Crippen molar-refractivity contribution in [1.29, 1.82) is 0 Å². The molecule has 1 aromatic rings. The van der Waals surface area contributed by atoms with Crippen LogP contribution in [-0.4, -0.2) is 16.7 Å². The Morgan fingerprint density at radius 3 is 2.07 bits per heavy atom. The van der Waals surface area contributed by atoms with Gasteiger partial charge in [-0.2, -0.15) is 0 Å². The van der Waals surface area contributed by atoms with Crippen LogP contribution in [0.4, 0.5) is 0 Å². The van der Waals surface area contributed by atoms with E-state index >= 15 is 0 Å². The zero-order chi connectivity index (χ0) is 11.6. The van der Waals surface area contributed by atoms with Crippen LogP contribution >= 0.6 is 0 Å². The SMILES string of the molecule is Cc1ccc(C)n1N(C=O)OC(C)(C)C. The van der Waals surface area contributed by atoms with E-state index in [1.165, 1.54) is 5.17 Å². The van der Waals surface area contributed by atoms with E-state index in [0.29, 0.717) is 6.41 Å². The number of hydrogen-bond donors (Lipinski definition) is 0. The van der Waals surface area contributed by atoms with Crippen LogP contribution in [0, 0.1) is 13.8 Å². The van der Waals surface area contributed by atoms with E-state index in [4.69, 9.17) is 4.84 Å². The molecule has 0 aliphatic rings. The monoisotopic (exact) mass is 210 g/mol. The van der Waals surface area contributed by atoms with Crippen LogP contribution in [0.15, 0.2) is 12.1 Å². The first-order valence-electron chi connectivity index (χ1n) is 4.94. The van der Waals surface area contributed by atoms with Gasteiger partial charge in [0.15, 0.2) is 0 Å². The van der Waals surface area contributed by atoms with Gasteiger partial charge < -0.3 is 0 Å². The molecule has 0 atom stereocenters. The van der Waals surface area contributed by atoms with Gasteiger partial charge in [-0.15, -0.1) is 5.17 Å². The van der Waals surface area contributed by atoms with Crippen LogP contribution in [0.25, 0.3) is 0 Å². The van der Waals surface area contributed by atoms with Gasteiger partial charge >= 0.3 is 0 Å². The summed E-state index contributed by atoms with van der Waals surface area (Å²) in [4.78, 5) is 16.5. The van der Waals surface area contributed by atoms with E-state index in [1.807, 2.05) is 46.8 Å². The Hall–Kier alpha value is -1.29. The Kier molecular flexibility index (Phi) is 3.19. The quantitative estimate of drug-likeness (QED) is 0.564. The molecule has 0 saturated heterocycles. The molecule has 1 aromatic heterocycles. The normalized spacial score (nSPS) is 11.5. The molecule has 1 amide bonds. The molecule has 0 aliphatic heterocycles. The van der Waals surface area contributed by atoms with Crippen LogP contribution in [0.3, 0.4) is 0 Å². The number of aryl methyl sites for hydroxylation is 2. The van der Waals surface area contributed by atoms with E-state index < -0.39 is 5.60 Å². The number of nitrogens with zero attached hydrogens (tertiary/aromatic N) is 2. The lowest BCUT2D eigenvalue weighted by Gasteiger charge is -2.28. The summed E-state index contributed by atoms with van der Waals surface area (Å²) in [5, 5.41) is 1.23. The predicted molar refractivity (Wildman–Crippen MR) is 59.0 cm³/mol. The molecule has 4 heteroatoms. The van der Waals surface area contributed by atoms with Crippen LogP contribution in [0.1, 0.15) is 32.2 Å². The second kappa shape index (κ2) is 4.06. The molecule has 0 unspecified atom stereocenters. The average molecular weight is 210 g/mol. The van der Waals surface area contributed by atoms with Crippen molar-refractivity contribution in [2.45, 2.75) is 40.2 Å². The molecule has 0 radical (unpaired) electrons. The van der Waals surface area contributed by atoms with Gasteiger partial charge in [0.25, 0.3) is 6.41 Å². The fourth-order valence-electron chi connectivity index (χ4n) is 1.36. The number of hydrogen-bond acceptors (Lipinski definition) is 2. The van der Waals surface area contributed by atoms with Crippen molar-refractivity contribution in [3.63, 3.8) is 0 Å². The van der Waals surface area contributed by atoms with Crippen molar-refractivity contribution >= 4 is 6.41 Å². The lowest BCUT2D eigenvalue weighted by Crippen LogP contribution is -2.41. The van der Waals surface area contributed by atoms with Crippen molar-refractivity contribution in [3.8, 4) is 0 Å². The summed E-state index contributed by atoms with van der Waals surface area (Å²) in [5.74, 6) is 0. The molecule has 0 saturated carbocycles. The number of carbonyl (C=O) groups is 1. The van der Waals surface area contributed by atoms with Gasteiger partial charge in [-0.05, 0) is 46.8 Å². The lowest BCUT2D eigenvalue weighted by atomic mass is 10.2. The highest BCUT2D eigenvalue weighted by Gasteiger charge is 2.19. The molecule has 0 aliphatic carbocycles. The largest absolute Gasteiger partial charge is 0.274 e. The smallest absolute Gasteiger partial charge is 0.255 e. The molecule has 4 nitrogen and oxygen atoms in total. The maximum absolute atomic E-state index is 11.0. The summed E-state index contributed by atoms with van der Waals surface area (Å²) < 4.78 is 1.73. The fraction of sp³-hybridized carbons (Fsp3) is 0.545. The highest BCUT2D eigenvalue weighted by atomic mass is 16.7. The molecular formula is C11H18N2O2. The first-order chi connectivity index (χ1) is 6.85. The number of carbonyl (C=O) groups excluding carboxylic acids is 1.